The zero-order valence-corrected chi connectivity index (χ0v) is 9.11. The number of aldehydes is 1. The van der Waals surface area contributed by atoms with Crippen LogP contribution in [0.4, 0.5) is 0 Å². The molecule has 0 aliphatic heterocycles. The fraction of sp³-hybridized carbons (Fsp3) is 0.100. The first-order chi connectivity index (χ1) is 6.76. The summed E-state index contributed by atoms with van der Waals surface area (Å²) in [7, 11) is 0. The van der Waals surface area contributed by atoms with Crippen molar-refractivity contribution < 1.29 is 9.90 Å². The van der Waals surface area contributed by atoms with E-state index < -0.39 is 0 Å². The number of hydrogen-bond acceptors (Lipinski definition) is 4. The molecule has 2 rings (SSSR count). The number of thiophene rings is 1. The van der Waals surface area contributed by atoms with Crippen molar-refractivity contribution in [3.8, 4) is 5.06 Å². The molecule has 14 heavy (non-hydrogen) atoms. The Morgan fingerprint density at radius 1 is 1.50 bits per heavy atom. The maximum absolute atomic E-state index is 10.8. The van der Waals surface area contributed by atoms with Gasteiger partial charge < -0.3 is 5.11 Å². The van der Waals surface area contributed by atoms with E-state index in [1.807, 2.05) is 12.3 Å². The van der Waals surface area contributed by atoms with Gasteiger partial charge in [-0.05, 0) is 23.8 Å². The zero-order chi connectivity index (χ0) is 10.1. The topological polar surface area (TPSA) is 37.3 Å². The monoisotopic (exact) mass is 224 g/mol. The first-order valence-corrected chi connectivity index (χ1v) is 6.05. The molecular formula is C10H8O2S2. The van der Waals surface area contributed by atoms with E-state index >= 15 is 0 Å². The number of rotatable bonds is 2. The summed E-state index contributed by atoms with van der Waals surface area (Å²) in [5, 5.41) is 10.6. The van der Waals surface area contributed by atoms with Gasteiger partial charge in [-0.25, -0.2) is 0 Å². The van der Waals surface area contributed by atoms with E-state index in [4.69, 9.17) is 0 Å². The molecule has 0 amide bonds. The first-order valence-electron chi connectivity index (χ1n) is 4.01. The third-order valence-electron chi connectivity index (χ3n) is 1.99. The highest BCUT2D eigenvalue weighted by Gasteiger charge is 2.09. The Bertz CT molecular complexity index is 488. The Labute approximate surface area is 89.6 Å². The molecule has 1 heterocycles. The molecule has 0 spiro atoms. The van der Waals surface area contributed by atoms with Gasteiger partial charge in [0.2, 0.25) is 0 Å². The van der Waals surface area contributed by atoms with Crippen LogP contribution in [0.2, 0.25) is 0 Å². The van der Waals surface area contributed by atoms with E-state index in [0.29, 0.717) is 10.6 Å². The Balaban J connectivity index is 2.82. The zero-order valence-electron chi connectivity index (χ0n) is 7.48. The lowest BCUT2D eigenvalue weighted by molar-refractivity contribution is 0.112. The highest BCUT2D eigenvalue weighted by Crippen LogP contribution is 2.38. The number of carbonyl (C=O) groups excluding carboxylic acids is 1. The predicted octanol–water partition coefficient (Wildman–Crippen LogP) is 3.14. The van der Waals surface area contributed by atoms with Gasteiger partial charge >= 0.3 is 0 Å². The van der Waals surface area contributed by atoms with Crippen molar-refractivity contribution in [2.24, 2.45) is 0 Å². The third-order valence-corrected chi connectivity index (χ3v) is 3.94. The van der Waals surface area contributed by atoms with Crippen molar-refractivity contribution in [2.45, 2.75) is 4.90 Å². The summed E-state index contributed by atoms with van der Waals surface area (Å²) < 4.78 is 0.986. The lowest BCUT2D eigenvalue weighted by atomic mass is 10.2. The van der Waals surface area contributed by atoms with E-state index in [1.165, 1.54) is 23.1 Å². The van der Waals surface area contributed by atoms with Crippen LogP contribution in [0.3, 0.4) is 0 Å². The van der Waals surface area contributed by atoms with Crippen LogP contribution in [0.15, 0.2) is 23.1 Å². The summed E-state index contributed by atoms with van der Waals surface area (Å²) in [4.78, 5) is 11.7. The van der Waals surface area contributed by atoms with E-state index in [2.05, 4.69) is 0 Å². The van der Waals surface area contributed by atoms with Crippen LogP contribution in [0.5, 0.6) is 5.06 Å². The number of fused-ring (bicyclic) bond motifs is 1. The number of hydrogen-bond donors (Lipinski definition) is 1. The molecule has 0 aliphatic carbocycles. The molecule has 0 atom stereocenters. The van der Waals surface area contributed by atoms with Crippen molar-refractivity contribution in [3.63, 3.8) is 0 Å². The highest BCUT2D eigenvalue weighted by atomic mass is 32.2. The van der Waals surface area contributed by atoms with E-state index in [0.717, 1.165) is 21.3 Å². The van der Waals surface area contributed by atoms with E-state index in [-0.39, 0.29) is 0 Å². The molecule has 0 aliphatic rings. The van der Waals surface area contributed by atoms with Gasteiger partial charge in [0.05, 0.1) is 4.70 Å². The molecule has 0 radical (unpaired) electrons. The summed E-state index contributed by atoms with van der Waals surface area (Å²) in [6.07, 6.45) is 2.78. The molecule has 0 fully saturated rings. The number of benzene rings is 1. The Hall–Kier alpha value is -1.00. The second-order valence-electron chi connectivity index (χ2n) is 2.81. The van der Waals surface area contributed by atoms with Gasteiger partial charge in [0, 0.05) is 10.5 Å². The minimum Gasteiger partial charge on any atom is -0.499 e. The second kappa shape index (κ2) is 3.63. The van der Waals surface area contributed by atoms with Gasteiger partial charge in [-0.1, -0.05) is 17.4 Å². The summed E-state index contributed by atoms with van der Waals surface area (Å²) in [5.41, 5.74) is 0.687. The lowest BCUT2D eigenvalue weighted by Crippen LogP contribution is -1.83. The minimum atomic E-state index is 0.290. The molecule has 2 aromatic rings. The van der Waals surface area contributed by atoms with E-state index in [9.17, 15) is 9.90 Å². The number of aromatic hydroxyl groups is 1. The van der Waals surface area contributed by atoms with Crippen molar-refractivity contribution >= 4 is 39.5 Å². The summed E-state index contributed by atoms with van der Waals surface area (Å²) >= 11 is 2.84. The maximum atomic E-state index is 10.8. The summed E-state index contributed by atoms with van der Waals surface area (Å²) in [6.45, 7) is 0. The molecule has 0 saturated heterocycles. The van der Waals surface area contributed by atoms with Crippen LogP contribution in [0.1, 0.15) is 10.4 Å². The Morgan fingerprint density at radius 2 is 2.29 bits per heavy atom. The maximum Gasteiger partial charge on any atom is 0.172 e. The predicted molar refractivity (Wildman–Crippen MR) is 60.7 cm³/mol. The standard InChI is InChI=1S/C10H8O2S2/c1-13-9-7(5-11)3-2-6-4-8(12)14-10(6)9/h2-5,12H,1H3. The fourth-order valence-corrected chi connectivity index (χ4v) is 3.26. The van der Waals surface area contributed by atoms with Crippen molar-refractivity contribution in [1.29, 1.82) is 0 Å². The van der Waals surface area contributed by atoms with Crippen LogP contribution >= 0.6 is 23.1 Å². The molecule has 0 unspecified atom stereocenters. The van der Waals surface area contributed by atoms with Gasteiger partial charge in [-0.15, -0.1) is 11.8 Å². The first kappa shape index (κ1) is 9.55. The molecule has 4 heteroatoms. The van der Waals surface area contributed by atoms with Gasteiger partial charge in [-0.2, -0.15) is 0 Å². The normalized spacial score (nSPS) is 10.6. The molecule has 1 aromatic carbocycles. The Morgan fingerprint density at radius 3 is 2.93 bits per heavy atom. The molecule has 1 N–H and O–H groups in total. The molecule has 0 bridgehead atoms. The molecule has 0 saturated carbocycles. The van der Waals surface area contributed by atoms with Gasteiger partial charge in [0.25, 0.3) is 0 Å². The second-order valence-corrected chi connectivity index (χ2v) is 4.66. The van der Waals surface area contributed by atoms with Crippen LogP contribution in [0, 0.1) is 0 Å². The van der Waals surface area contributed by atoms with Crippen LogP contribution in [0.25, 0.3) is 10.1 Å². The lowest BCUT2D eigenvalue weighted by Gasteiger charge is -2.01. The number of carbonyl (C=O) groups is 1. The minimum absolute atomic E-state index is 0.290. The van der Waals surface area contributed by atoms with Crippen LogP contribution < -0.4 is 0 Å². The Kier molecular flexibility index (Phi) is 2.48. The molecular weight excluding hydrogens is 216 g/mol. The third kappa shape index (κ3) is 1.40. The van der Waals surface area contributed by atoms with Gasteiger partial charge in [-0.3, -0.25) is 4.79 Å². The van der Waals surface area contributed by atoms with Crippen molar-refractivity contribution in [1.82, 2.24) is 0 Å². The van der Waals surface area contributed by atoms with Crippen molar-refractivity contribution in [3.05, 3.63) is 23.8 Å². The summed E-state index contributed by atoms with van der Waals surface area (Å²) in [6, 6.07) is 5.36. The fourth-order valence-electron chi connectivity index (χ4n) is 1.38. The average molecular weight is 224 g/mol. The van der Waals surface area contributed by atoms with Gasteiger partial charge in [0.1, 0.15) is 0 Å². The quantitative estimate of drug-likeness (QED) is 0.629. The van der Waals surface area contributed by atoms with Crippen LogP contribution in [-0.4, -0.2) is 17.6 Å². The molecule has 72 valence electrons. The summed E-state index contributed by atoms with van der Waals surface area (Å²) in [5.74, 6) is 0. The smallest absolute Gasteiger partial charge is 0.172 e. The van der Waals surface area contributed by atoms with Crippen LogP contribution in [-0.2, 0) is 0 Å². The SMILES string of the molecule is CSc1c(C=O)ccc2cc(O)sc12. The highest BCUT2D eigenvalue weighted by molar-refractivity contribution is 7.99. The van der Waals surface area contributed by atoms with E-state index in [1.54, 1.807) is 12.1 Å². The van der Waals surface area contributed by atoms with Crippen molar-refractivity contribution in [2.75, 3.05) is 6.26 Å². The number of thioether (sulfide) groups is 1. The van der Waals surface area contributed by atoms with Gasteiger partial charge in [0.15, 0.2) is 11.3 Å². The average Bonchev–Trinajstić information content (AvgIpc) is 2.56. The largest absolute Gasteiger partial charge is 0.499 e. The molecule has 1 aromatic heterocycles. The molecule has 2 nitrogen and oxygen atoms in total.